The molecule has 0 aromatic carbocycles. The Balaban J connectivity index is 2.85. The lowest BCUT2D eigenvalue weighted by Gasteiger charge is -2.16. The van der Waals surface area contributed by atoms with Crippen LogP contribution < -0.4 is 5.06 Å². The number of hydrogen-bond acceptors (Lipinski definition) is 4. The van der Waals surface area contributed by atoms with Gasteiger partial charge in [-0.1, -0.05) is 11.6 Å². The molecule has 0 aliphatic carbocycles. The Morgan fingerprint density at radius 3 is 2.92 bits per heavy atom. The molecular weight excluding hydrogens is 178 g/mol. The normalized spacial score (nSPS) is 9.92. The van der Waals surface area contributed by atoms with Crippen molar-refractivity contribution in [1.29, 1.82) is 0 Å². The van der Waals surface area contributed by atoms with Crippen LogP contribution in [-0.2, 0) is 4.84 Å². The van der Waals surface area contributed by atoms with E-state index in [0.29, 0.717) is 17.6 Å². The number of aromatic nitrogens is 2. The minimum atomic E-state index is 0.413. The van der Waals surface area contributed by atoms with Gasteiger partial charge in [0.1, 0.15) is 5.15 Å². The first-order valence-corrected chi connectivity index (χ1v) is 3.96. The summed E-state index contributed by atoms with van der Waals surface area (Å²) in [6, 6.07) is 1.62. The number of halogens is 1. The SMILES string of the molecule is CCN(OC)c1nccc(Cl)n1. The zero-order chi connectivity index (χ0) is 8.97. The smallest absolute Gasteiger partial charge is 0.251 e. The molecule has 0 bridgehead atoms. The van der Waals surface area contributed by atoms with Crippen LogP contribution in [0.4, 0.5) is 5.95 Å². The standard InChI is InChI=1S/C7H10ClN3O/c1-3-11(12-2)7-9-5-4-6(8)10-7/h4-5H,3H2,1-2H3. The van der Waals surface area contributed by atoms with E-state index in [1.807, 2.05) is 6.92 Å². The Bertz CT molecular complexity index is 252. The van der Waals surface area contributed by atoms with E-state index in [2.05, 4.69) is 9.97 Å². The van der Waals surface area contributed by atoms with E-state index in [0.717, 1.165) is 0 Å². The summed E-state index contributed by atoms with van der Waals surface area (Å²) in [4.78, 5) is 12.9. The van der Waals surface area contributed by atoms with E-state index in [1.54, 1.807) is 24.4 Å². The molecule has 1 aromatic heterocycles. The maximum Gasteiger partial charge on any atom is 0.251 e. The molecule has 0 aliphatic rings. The van der Waals surface area contributed by atoms with Crippen molar-refractivity contribution in [3.05, 3.63) is 17.4 Å². The molecule has 5 heteroatoms. The molecule has 0 saturated carbocycles. The van der Waals surface area contributed by atoms with Crippen LogP contribution in [0.15, 0.2) is 12.3 Å². The maximum absolute atomic E-state index is 5.67. The number of nitrogens with zero attached hydrogens (tertiary/aromatic N) is 3. The summed E-state index contributed by atoms with van der Waals surface area (Å²) in [5.74, 6) is 0.479. The summed E-state index contributed by atoms with van der Waals surface area (Å²) < 4.78 is 0. The van der Waals surface area contributed by atoms with Crippen LogP contribution in [0.3, 0.4) is 0 Å². The van der Waals surface area contributed by atoms with Crippen LogP contribution in [0.2, 0.25) is 5.15 Å². The molecule has 0 spiro atoms. The van der Waals surface area contributed by atoms with E-state index in [-0.39, 0.29) is 0 Å². The summed E-state index contributed by atoms with van der Waals surface area (Å²) in [7, 11) is 1.56. The first-order chi connectivity index (χ1) is 5.77. The second-order valence-electron chi connectivity index (χ2n) is 2.06. The second-order valence-corrected chi connectivity index (χ2v) is 2.44. The predicted octanol–water partition coefficient (Wildman–Crippen LogP) is 1.52. The van der Waals surface area contributed by atoms with Gasteiger partial charge in [0.2, 0.25) is 0 Å². The highest BCUT2D eigenvalue weighted by molar-refractivity contribution is 6.29. The van der Waals surface area contributed by atoms with E-state index < -0.39 is 0 Å². The Kier molecular flexibility index (Phi) is 3.25. The molecule has 0 aliphatic heterocycles. The van der Waals surface area contributed by atoms with Crippen LogP contribution in [0.1, 0.15) is 6.92 Å². The van der Waals surface area contributed by atoms with E-state index in [1.165, 1.54) is 0 Å². The molecule has 1 aromatic rings. The van der Waals surface area contributed by atoms with Crippen molar-refractivity contribution in [2.45, 2.75) is 6.92 Å². The fourth-order valence-corrected chi connectivity index (χ4v) is 0.931. The topological polar surface area (TPSA) is 38.2 Å². The minimum Gasteiger partial charge on any atom is -0.274 e. The van der Waals surface area contributed by atoms with Gasteiger partial charge in [-0.05, 0) is 13.0 Å². The van der Waals surface area contributed by atoms with Gasteiger partial charge in [0.25, 0.3) is 5.95 Å². The molecule has 0 fully saturated rings. The summed E-state index contributed by atoms with van der Waals surface area (Å²) in [6.07, 6.45) is 1.59. The Morgan fingerprint density at radius 2 is 2.42 bits per heavy atom. The summed E-state index contributed by atoms with van der Waals surface area (Å²) >= 11 is 5.67. The largest absolute Gasteiger partial charge is 0.274 e. The van der Waals surface area contributed by atoms with Crippen molar-refractivity contribution in [3.63, 3.8) is 0 Å². The lowest BCUT2D eigenvalue weighted by Crippen LogP contribution is -2.23. The third-order valence-corrected chi connectivity index (χ3v) is 1.55. The van der Waals surface area contributed by atoms with Crippen molar-refractivity contribution in [1.82, 2.24) is 9.97 Å². The summed E-state index contributed by atoms with van der Waals surface area (Å²) in [6.45, 7) is 2.62. The van der Waals surface area contributed by atoms with Gasteiger partial charge in [-0.3, -0.25) is 4.84 Å². The Hall–Kier alpha value is -0.870. The highest BCUT2D eigenvalue weighted by Crippen LogP contribution is 2.09. The van der Waals surface area contributed by atoms with Crippen molar-refractivity contribution in [2.75, 3.05) is 18.7 Å². The molecule has 0 saturated heterocycles. The van der Waals surface area contributed by atoms with Gasteiger partial charge < -0.3 is 0 Å². The highest BCUT2D eigenvalue weighted by Gasteiger charge is 2.05. The molecular formula is C7H10ClN3O. The zero-order valence-corrected chi connectivity index (χ0v) is 7.75. The first-order valence-electron chi connectivity index (χ1n) is 3.58. The third-order valence-electron chi connectivity index (χ3n) is 1.34. The molecule has 0 unspecified atom stereocenters. The molecule has 12 heavy (non-hydrogen) atoms. The van der Waals surface area contributed by atoms with Crippen LogP contribution in [-0.4, -0.2) is 23.6 Å². The van der Waals surface area contributed by atoms with Crippen molar-refractivity contribution in [2.24, 2.45) is 0 Å². The lowest BCUT2D eigenvalue weighted by atomic mass is 10.6. The van der Waals surface area contributed by atoms with Gasteiger partial charge in [-0.2, -0.15) is 4.98 Å². The van der Waals surface area contributed by atoms with Crippen LogP contribution in [0.25, 0.3) is 0 Å². The number of hydrogen-bond donors (Lipinski definition) is 0. The fourth-order valence-electron chi connectivity index (χ4n) is 0.799. The van der Waals surface area contributed by atoms with Gasteiger partial charge in [0.15, 0.2) is 0 Å². The van der Waals surface area contributed by atoms with Crippen molar-refractivity contribution in [3.8, 4) is 0 Å². The molecule has 66 valence electrons. The molecule has 1 rings (SSSR count). The molecule has 0 amide bonds. The van der Waals surface area contributed by atoms with Crippen LogP contribution >= 0.6 is 11.6 Å². The minimum absolute atomic E-state index is 0.413. The van der Waals surface area contributed by atoms with Gasteiger partial charge in [-0.15, -0.1) is 0 Å². The molecule has 0 N–H and O–H groups in total. The van der Waals surface area contributed by atoms with Crippen molar-refractivity contribution < 1.29 is 4.84 Å². The van der Waals surface area contributed by atoms with Crippen molar-refractivity contribution >= 4 is 17.5 Å². The van der Waals surface area contributed by atoms with Gasteiger partial charge in [-0.25, -0.2) is 10.0 Å². The summed E-state index contributed by atoms with van der Waals surface area (Å²) in [5.41, 5.74) is 0. The number of hydroxylamine groups is 1. The van der Waals surface area contributed by atoms with Crippen LogP contribution in [0, 0.1) is 0 Å². The van der Waals surface area contributed by atoms with Crippen LogP contribution in [0.5, 0.6) is 0 Å². The van der Waals surface area contributed by atoms with E-state index >= 15 is 0 Å². The Morgan fingerprint density at radius 1 is 1.67 bits per heavy atom. The zero-order valence-electron chi connectivity index (χ0n) is 6.99. The average molecular weight is 188 g/mol. The second kappa shape index (κ2) is 4.23. The number of rotatable bonds is 3. The monoisotopic (exact) mass is 187 g/mol. The number of anilines is 1. The molecule has 0 radical (unpaired) electrons. The average Bonchev–Trinajstić information content (AvgIpc) is 2.07. The molecule has 4 nitrogen and oxygen atoms in total. The predicted molar refractivity (Wildman–Crippen MR) is 47.1 cm³/mol. The molecule has 0 atom stereocenters. The fraction of sp³-hybridized carbons (Fsp3) is 0.429. The first kappa shape index (κ1) is 9.22. The maximum atomic E-state index is 5.67. The quantitative estimate of drug-likeness (QED) is 0.531. The van der Waals surface area contributed by atoms with E-state index in [9.17, 15) is 0 Å². The molecule has 1 heterocycles. The summed E-state index contributed by atoms with van der Waals surface area (Å²) in [5, 5.41) is 1.96. The lowest BCUT2D eigenvalue weighted by molar-refractivity contribution is 0.166. The highest BCUT2D eigenvalue weighted by atomic mass is 35.5. The van der Waals surface area contributed by atoms with E-state index in [4.69, 9.17) is 16.4 Å². The van der Waals surface area contributed by atoms with Gasteiger partial charge >= 0.3 is 0 Å². The third kappa shape index (κ3) is 2.06. The van der Waals surface area contributed by atoms with Gasteiger partial charge in [0, 0.05) is 12.7 Å². The van der Waals surface area contributed by atoms with Gasteiger partial charge in [0.05, 0.1) is 7.11 Å². The Labute approximate surface area is 76.1 Å².